The minimum absolute atomic E-state index is 0.372. The molecule has 0 heterocycles. The van der Waals surface area contributed by atoms with Gasteiger partial charge in [-0.15, -0.1) is 0 Å². The van der Waals surface area contributed by atoms with E-state index >= 15 is 0 Å². The molecule has 0 saturated carbocycles. The Morgan fingerprint density at radius 2 is 2.67 bits per heavy atom. The summed E-state index contributed by atoms with van der Waals surface area (Å²) in [5, 5.41) is 0. The monoisotopic (exact) mass is 108 g/mol. The van der Waals surface area contributed by atoms with Gasteiger partial charge < -0.3 is 4.52 Å². The molecule has 0 fully saturated rings. The fourth-order valence-electron chi connectivity index (χ4n) is 0.129. The lowest BCUT2D eigenvalue weighted by molar-refractivity contribution is -0.130. The number of rotatable bonds is 1. The Morgan fingerprint density at radius 3 is 2.67 bits per heavy atom. The van der Waals surface area contributed by atoms with Gasteiger partial charge in [0.05, 0.1) is 8.75 Å². The van der Waals surface area contributed by atoms with Gasteiger partial charge in [0, 0.05) is 6.92 Å². The Balaban J connectivity index is 3.13. The zero-order valence-electron chi connectivity index (χ0n) is 4.76. The minimum Gasteiger partial charge on any atom is -0.449 e. The fraction of sp³-hybridized carbons (Fsp3) is 0.667. The van der Waals surface area contributed by atoms with Crippen molar-refractivity contribution in [1.29, 1.82) is 1.28 Å². The molecule has 2 nitrogen and oxygen atoms in total. The van der Waals surface area contributed by atoms with E-state index in [-0.39, 0.29) is 5.97 Å². The van der Waals surface area contributed by atoms with Crippen LogP contribution in [-0.4, -0.2) is 13.9 Å². The molecule has 0 N–H and O–H groups in total. The highest BCUT2D eigenvalue weighted by Gasteiger charge is 1.81. The largest absolute Gasteiger partial charge is 0.449 e. The average Bonchev–Trinajstić information content (AvgIpc) is 1.27. The van der Waals surface area contributed by atoms with Crippen LogP contribution in [0.1, 0.15) is 6.92 Å². The van der Waals surface area contributed by atoms with Crippen LogP contribution < -0.4 is 0 Å². The van der Waals surface area contributed by atoms with Gasteiger partial charge in [-0.2, -0.15) is 0 Å². The molecule has 0 aliphatic carbocycles. The van der Waals surface area contributed by atoms with E-state index in [4.69, 9.17) is 1.28 Å². The summed E-state index contributed by atoms with van der Waals surface area (Å²) in [5.41, 5.74) is 0. The summed E-state index contributed by atoms with van der Waals surface area (Å²) in [7, 11) is -1.24. The summed E-state index contributed by atoms with van der Waals surface area (Å²) in [5.74, 6) is -0.372. The highest BCUT2D eigenvalue weighted by atomic mass is 31.1. The summed E-state index contributed by atoms with van der Waals surface area (Å²) < 4.78 is 11.1. The Kier molecular flexibility index (Phi) is 2.11. The van der Waals surface area contributed by atoms with Gasteiger partial charge in [0.1, 0.15) is 1.28 Å². The van der Waals surface area contributed by atoms with Crippen molar-refractivity contribution in [2.45, 2.75) is 6.92 Å². The van der Waals surface area contributed by atoms with Crippen molar-refractivity contribution < 1.29 is 9.32 Å². The van der Waals surface area contributed by atoms with E-state index in [9.17, 15) is 4.79 Å². The highest BCUT2D eigenvalue weighted by molar-refractivity contribution is 7.31. The first-order valence-electron chi connectivity index (χ1n) is 1.99. The van der Waals surface area contributed by atoms with Crippen LogP contribution in [0.3, 0.4) is 0 Å². The van der Waals surface area contributed by atoms with Crippen molar-refractivity contribution in [1.82, 2.24) is 0 Å². The summed E-state index contributed by atoms with van der Waals surface area (Å²) in [6.45, 7) is 2.85. The third-order valence-corrected chi connectivity index (χ3v) is 0.660. The molecule has 1 atom stereocenters. The number of hydrogen-bond donors (Lipinski definition) is 0. The third-order valence-electron chi connectivity index (χ3n) is 0.220. The Hall–Kier alpha value is -0.100. The molecule has 0 aromatic rings. The molecule has 0 amide bonds. The van der Waals surface area contributed by atoms with Crippen molar-refractivity contribution in [3.8, 4) is 0 Å². The molecule has 36 valence electrons. The summed E-state index contributed by atoms with van der Waals surface area (Å²) in [6, 6.07) is 0. The predicted octanol–water partition coefficient (Wildman–Crippen LogP) is 0.773. The van der Waals surface area contributed by atoms with Crippen LogP contribution in [-0.2, 0) is 9.32 Å². The lowest BCUT2D eigenvalue weighted by atomic mass is 10.9. The standard InChI is InChI=1S/C3H7O2P/c1-3(4)5-6-2/h6H,1-2H3/i6T. The molecular formula is C3H7O2P. The van der Waals surface area contributed by atoms with E-state index in [0.29, 0.717) is 0 Å². The lowest BCUT2D eigenvalue weighted by Gasteiger charge is -1.88. The summed E-state index contributed by atoms with van der Waals surface area (Å²) in [6.07, 6.45) is 0. The normalized spacial score (nSPS) is 15.3. The van der Waals surface area contributed by atoms with Gasteiger partial charge in [-0.25, -0.2) is 0 Å². The fourth-order valence-corrected chi connectivity index (χ4v) is 0.386. The second-order valence-corrected chi connectivity index (χ2v) is 1.31. The molecule has 0 aromatic carbocycles. The van der Waals surface area contributed by atoms with Gasteiger partial charge in [0.15, 0.2) is 0 Å². The lowest BCUT2D eigenvalue weighted by Crippen LogP contribution is -1.84. The Morgan fingerprint density at radius 1 is 2.17 bits per heavy atom. The van der Waals surface area contributed by atoms with Crippen molar-refractivity contribution >= 4 is 14.7 Å². The Labute approximate surface area is 40.0 Å². The summed E-state index contributed by atoms with van der Waals surface area (Å²) in [4.78, 5) is 9.93. The molecule has 0 aromatic heterocycles. The molecule has 0 aliphatic heterocycles. The SMILES string of the molecule is [3H]P(C)OC(C)=O. The first-order valence-corrected chi connectivity index (χ1v) is 2.80. The molecule has 0 bridgehead atoms. The van der Waals surface area contributed by atoms with Crippen LogP contribution in [0.2, 0.25) is 0 Å². The smallest absolute Gasteiger partial charge is 0.305 e. The van der Waals surface area contributed by atoms with Crippen LogP contribution >= 0.6 is 8.75 Å². The first-order chi connectivity index (χ1) is 3.13. The molecule has 0 radical (unpaired) electrons. The number of hydrogen-bond acceptors (Lipinski definition) is 2. The van der Waals surface area contributed by atoms with Crippen molar-refractivity contribution in [3.63, 3.8) is 0 Å². The molecule has 0 aliphatic rings. The van der Waals surface area contributed by atoms with Gasteiger partial charge >= 0.3 is 5.97 Å². The van der Waals surface area contributed by atoms with Gasteiger partial charge in [-0.05, 0) is 6.66 Å². The third kappa shape index (κ3) is 3.90. The molecule has 0 spiro atoms. The summed E-state index contributed by atoms with van der Waals surface area (Å²) >= 11 is 0. The van der Waals surface area contributed by atoms with Crippen LogP contribution in [0.5, 0.6) is 0 Å². The quantitative estimate of drug-likeness (QED) is 0.464. The molecule has 0 rings (SSSR count). The van der Waals surface area contributed by atoms with Crippen molar-refractivity contribution in [2.75, 3.05) is 6.66 Å². The van der Waals surface area contributed by atoms with E-state index in [2.05, 4.69) is 4.52 Å². The molecule has 3 heteroatoms. The molecule has 1 unspecified atom stereocenters. The van der Waals surface area contributed by atoms with Crippen LogP contribution in [0.4, 0.5) is 0 Å². The Bertz CT molecular complexity index is 73.3. The minimum atomic E-state index is -1.24. The maximum Gasteiger partial charge on any atom is 0.305 e. The molecule has 6 heavy (non-hydrogen) atoms. The average molecular weight is 108 g/mol. The topological polar surface area (TPSA) is 26.3 Å². The number of carbonyl (C=O) groups excluding carboxylic acids is 1. The molecule has 0 saturated heterocycles. The number of carbonyl (C=O) groups is 1. The van der Waals surface area contributed by atoms with Gasteiger partial charge in [-0.1, -0.05) is 0 Å². The van der Waals surface area contributed by atoms with Crippen molar-refractivity contribution in [2.24, 2.45) is 0 Å². The maximum atomic E-state index is 9.93. The zero-order chi connectivity index (χ0) is 5.86. The molecular weight excluding hydrogens is 99.0 g/mol. The maximum absolute atomic E-state index is 9.93. The van der Waals surface area contributed by atoms with Gasteiger partial charge in [0.2, 0.25) is 0 Å². The predicted molar refractivity (Wildman–Crippen MR) is 26.0 cm³/mol. The van der Waals surface area contributed by atoms with Crippen LogP contribution in [0, 0.1) is 0 Å². The van der Waals surface area contributed by atoms with E-state index in [1.807, 2.05) is 0 Å². The zero-order valence-corrected chi connectivity index (χ0v) is 4.66. The second-order valence-electron chi connectivity index (χ2n) is 0.765. The highest BCUT2D eigenvalue weighted by Crippen LogP contribution is 2.02. The van der Waals surface area contributed by atoms with Crippen LogP contribution in [0.15, 0.2) is 0 Å². The van der Waals surface area contributed by atoms with E-state index in [0.717, 1.165) is 0 Å². The van der Waals surface area contributed by atoms with Gasteiger partial charge in [0.25, 0.3) is 0 Å². The van der Waals surface area contributed by atoms with Crippen LogP contribution in [0.25, 0.3) is 0 Å². The van der Waals surface area contributed by atoms with E-state index in [1.165, 1.54) is 6.92 Å². The van der Waals surface area contributed by atoms with Gasteiger partial charge in [-0.3, -0.25) is 4.79 Å². The van der Waals surface area contributed by atoms with E-state index < -0.39 is 8.75 Å². The van der Waals surface area contributed by atoms with E-state index in [1.54, 1.807) is 6.66 Å². The first kappa shape index (κ1) is 4.07. The second kappa shape index (κ2) is 3.10. The van der Waals surface area contributed by atoms with Crippen molar-refractivity contribution in [3.05, 3.63) is 0 Å².